The molecule has 1 saturated carbocycles. The molecule has 1 fully saturated rings. The highest BCUT2D eigenvalue weighted by atomic mass is 32.1. The molecule has 1 heterocycles. The molecule has 1 N–H and O–H groups in total. The Morgan fingerprint density at radius 3 is 3.05 bits per heavy atom. The van der Waals surface area contributed by atoms with Crippen LogP contribution < -0.4 is 5.32 Å². The molecule has 0 spiro atoms. The van der Waals surface area contributed by atoms with E-state index in [2.05, 4.69) is 35.4 Å². The summed E-state index contributed by atoms with van der Waals surface area (Å²) in [5, 5.41) is 13.8. The van der Waals surface area contributed by atoms with Crippen molar-refractivity contribution in [2.75, 3.05) is 0 Å². The van der Waals surface area contributed by atoms with Crippen LogP contribution in [0.3, 0.4) is 0 Å². The normalized spacial score (nSPS) is 24.4. The van der Waals surface area contributed by atoms with Gasteiger partial charge in [-0.1, -0.05) is 18.6 Å². The van der Waals surface area contributed by atoms with Crippen LogP contribution in [0.15, 0.2) is 24.3 Å². The van der Waals surface area contributed by atoms with Gasteiger partial charge in [-0.05, 0) is 31.9 Å². The van der Waals surface area contributed by atoms with Gasteiger partial charge in [0.15, 0.2) is 0 Å². The highest BCUT2D eigenvalue weighted by Crippen LogP contribution is 2.30. The number of hydrogen-bond acceptors (Lipinski definition) is 4. The summed E-state index contributed by atoms with van der Waals surface area (Å²) in [6, 6.07) is 11.2. The molecule has 0 radical (unpaired) electrons. The van der Waals surface area contributed by atoms with Crippen molar-refractivity contribution in [1.29, 1.82) is 5.26 Å². The van der Waals surface area contributed by atoms with Crippen LogP contribution in [0, 0.1) is 17.2 Å². The number of benzene rings is 1. The summed E-state index contributed by atoms with van der Waals surface area (Å²) in [6.07, 6.45) is 3.29. The fraction of sp³-hybridized carbons (Fsp3) is 0.467. The molecule has 1 aliphatic rings. The summed E-state index contributed by atoms with van der Waals surface area (Å²) in [7, 11) is 0. The largest absolute Gasteiger partial charge is 0.304 e. The van der Waals surface area contributed by atoms with E-state index in [0.29, 0.717) is 6.04 Å². The van der Waals surface area contributed by atoms with Gasteiger partial charge in [0.25, 0.3) is 0 Å². The fourth-order valence-electron chi connectivity index (χ4n) is 2.78. The van der Waals surface area contributed by atoms with Gasteiger partial charge in [0, 0.05) is 6.04 Å². The average Bonchev–Trinajstić information content (AvgIpc) is 3.03. The number of nitrogens with one attached hydrogen (secondary N) is 1. The first-order valence-electron chi connectivity index (χ1n) is 6.79. The molecule has 3 atom stereocenters. The van der Waals surface area contributed by atoms with Gasteiger partial charge in [0.05, 0.1) is 28.2 Å². The second-order valence-corrected chi connectivity index (χ2v) is 6.24. The average molecular weight is 271 g/mol. The molecule has 4 heteroatoms. The minimum absolute atomic E-state index is 0.164. The fourth-order valence-corrected chi connectivity index (χ4v) is 3.76. The number of fused-ring (bicyclic) bond motifs is 1. The lowest BCUT2D eigenvalue weighted by Gasteiger charge is -2.19. The highest BCUT2D eigenvalue weighted by Gasteiger charge is 2.28. The van der Waals surface area contributed by atoms with Crippen LogP contribution in [0.1, 0.15) is 37.2 Å². The van der Waals surface area contributed by atoms with Gasteiger partial charge >= 0.3 is 0 Å². The Kier molecular flexibility index (Phi) is 3.50. The van der Waals surface area contributed by atoms with Crippen LogP contribution in [0.2, 0.25) is 0 Å². The van der Waals surface area contributed by atoms with Crippen molar-refractivity contribution in [2.45, 2.75) is 38.3 Å². The Morgan fingerprint density at radius 1 is 1.42 bits per heavy atom. The monoisotopic (exact) mass is 271 g/mol. The van der Waals surface area contributed by atoms with Crippen LogP contribution in [-0.2, 0) is 0 Å². The maximum atomic E-state index is 9.13. The Bertz CT molecular complexity index is 580. The molecule has 1 aliphatic carbocycles. The van der Waals surface area contributed by atoms with Crippen molar-refractivity contribution in [3.63, 3.8) is 0 Å². The van der Waals surface area contributed by atoms with Crippen LogP contribution in [0.25, 0.3) is 10.2 Å². The molecule has 3 rings (SSSR count). The van der Waals surface area contributed by atoms with E-state index in [1.807, 2.05) is 12.1 Å². The van der Waals surface area contributed by atoms with E-state index in [9.17, 15) is 0 Å². The third-order valence-corrected chi connectivity index (χ3v) is 5.05. The predicted octanol–water partition coefficient (Wildman–Crippen LogP) is 3.64. The van der Waals surface area contributed by atoms with Crippen LogP contribution in [-0.4, -0.2) is 11.0 Å². The second-order valence-electron chi connectivity index (χ2n) is 5.18. The molecule has 0 amide bonds. The standard InChI is InChI=1S/C15H17N3S/c1-10(17-12-7-4-5-11(12)9-16)15-18-13-6-2-3-8-14(13)19-15/h2-3,6,8,10-12,17H,4-5,7H2,1H3. The van der Waals surface area contributed by atoms with Gasteiger partial charge in [0.1, 0.15) is 5.01 Å². The molecule has 0 saturated heterocycles. The molecular weight excluding hydrogens is 254 g/mol. The molecule has 0 bridgehead atoms. The first-order chi connectivity index (χ1) is 9.28. The summed E-state index contributed by atoms with van der Waals surface area (Å²) in [4.78, 5) is 4.68. The Morgan fingerprint density at radius 2 is 2.26 bits per heavy atom. The molecule has 98 valence electrons. The third kappa shape index (κ3) is 2.49. The van der Waals surface area contributed by atoms with E-state index in [0.717, 1.165) is 29.8 Å². The molecule has 2 aromatic rings. The van der Waals surface area contributed by atoms with Crippen molar-refractivity contribution >= 4 is 21.6 Å². The first-order valence-corrected chi connectivity index (χ1v) is 7.60. The summed E-state index contributed by atoms with van der Waals surface area (Å²) >= 11 is 1.74. The minimum Gasteiger partial charge on any atom is -0.304 e. The van der Waals surface area contributed by atoms with E-state index in [1.54, 1.807) is 11.3 Å². The van der Waals surface area contributed by atoms with Crippen molar-refractivity contribution in [3.05, 3.63) is 29.3 Å². The Labute approximate surface area is 117 Å². The third-order valence-electron chi connectivity index (χ3n) is 3.83. The molecule has 3 nitrogen and oxygen atoms in total. The van der Waals surface area contributed by atoms with Crippen LogP contribution in [0.4, 0.5) is 0 Å². The van der Waals surface area contributed by atoms with Gasteiger partial charge in [-0.3, -0.25) is 0 Å². The Hall–Kier alpha value is -1.44. The SMILES string of the molecule is CC(NC1CCCC1C#N)c1nc2ccccc2s1. The van der Waals surface area contributed by atoms with E-state index < -0.39 is 0 Å². The summed E-state index contributed by atoms with van der Waals surface area (Å²) in [5.41, 5.74) is 1.07. The molecule has 19 heavy (non-hydrogen) atoms. The van der Waals surface area contributed by atoms with Crippen LogP contribution in [0.5, 0.6) is 0 Å². The zero-order chi connectivity index (χ0) is 13.2. The number of para-hydroxylation sites is 1. The van der Waals surface area contributed by atoms with Gasteiger partial charge in [-0.25, -0.2) is 4.98 Å². The number of nitrogens with zero attached hydrogens (tertiary/aromatic N) is 2. The number of thiazole rings is 1. The Balaban J connectivity index is 1.76. The minimum atomic E-state index is 0.164. The molecule has 1 aromatic heterocycles. The number of aromatic nitrogens is 1. The second kappa shape index (κ2) is 5.28. The maximum Gasteiger partial charge on any atom is 0.111 e. The summed E-state index contributed by atoms with van der Waals surface area (Å²) in [6.45, 7) is 2.14. The smallest absolute Gasteiger partial charge is 0.111 e. The summed E-state index contributed by atoms with van der Waals surface area (Å²) in [5.74, 6) is 0.164. The van der Waals surface area contributed by atoms with Crippen molar-refractivity contribution in [1.82, 2.24) is 10.3 Å². The van der Waals surface area contributed by atoms with Crippen molar-refractivity contribution < 1.29 is 0 Å². The molecule has 0 aliphatic heterocycles. The maximum absolute atomic E-state index is 9.13. The lowest BCUT2D eigenvalue weighted by atomic mass is 10.1. The predicted molar refractivity (Wildman–Crippen MR) is 77.9 cm³/mol. The summed E-state index contributed by atoms with van der Waals surface area (Å²) < 4.78 is 1.23. The lowest BCUT2D eigenvalue weighted by Crippen LogP contribution is -2.33. The van der Waals surface area contributed by atoms with Gasteiger partial charge < -0.3 is 5.32 Å². The lowest BCUT2D eigenvalue weighted by molar-refractivity contribution is 0.417. The topological polar surface area (TPSA) is 48.7 Å². The number of rotatable bonds is 3. The molecular formula is C15H17N3S. The highest BCUT2D eigenvalue weighted by molar-refractivity contribution is 7.18. The molecule has 3 unspecified atom stereocenters. The molecule has 1 aromatic carbocycles. The van der Waals surface area contributed by atoms with Crippen LogP contribution >= 0.6 is 11.3 Å². The van der Waals surface area contributed by atoms with Crippen molar-refractivity contribution in [3.8, 4) is 6.07 Å². The number of hydrogen-bond donors (Lipinski definition) is 1. The van der Waals surface area contributed by atoms with Gasteiger partial charge in [0.2, 0.25) is 0 Å². The zero-order valence-corrected chi connectivity index (χ0v) is 11.8. The van der Waals surface area contributed by atoms with E-state index >= 15 is 0 Å². The zero-order valence-electron chi connectivity index (χ0n) is 11.0. The first kappa shape index (κ1) is 12.6. The van der Waals surface area contributed by atoms with Crippen molar-refractivity contribution in [2.24, 2.45) is 5.92 Å². The van der Waals surface area contributed by atoms with E-state index in [4.69, 9.17) is 5.26 Å². The quantitative estimate of drug-likeness (QED) is 0.927. The van der Waals surface area contributed by atoms with E-state index in [-0.39, 0.29) is 12.0 Å². The van der Waals surface area contributed by atoms with Gasteiger partial charge in [-0.15, -0.1) is 11.3 Å². The van der Waals surface area contributed by atoms with E-state index in [1.165, 1.54) is 4.70 Å². The number of nitriles is 1. The van der Waals surface area contributed by atoms with Gasteiger partial charge in [-0.2, -0.15) is 5.26 Å².